The van der Waals surface area contributed by atoms with E-state index in [1.54, 1.807) is 25.3 Å². The first-order chi connectivity index (χ1) is 9.59. The van der Waals surface area contributed by atoms with Crippen molar-refractivity contribution in [1.29, 1.82) is 0 Å². The first-order valence-electron chi connectivity index (χ1n) is 6.16. The summed E-state index contributed by atoms with van der Waals surface area (Å²) in [5.41, 5.74) is 7.78. The van der Waals surface area contributed by atoms with Crippen LogP contribution in [0, 0.1) is 6.92 Å². The summed E-state index contributed by atoms with van der Waals surface area (Å²) in [6.45, 7) is 1.78. The fourth-order valence-corrected chi connectivity index (χ4v) is 2.09. The SMILES string of the molecule is Cc1ncccc1C(=O)NC(C(N)=S)c1ccccc1. The van der Waals surface area contributed by atoms with Crippen LogP contribution < -0.4 is 11.1 Å². The van der Waals surface area contributed by atoms with Crippen molar-refractivity contribution in [3.05, 3.63) is 65.5 Å². The molecule has 0 fully saturated rings. The van der Waals surface area contributed by atoms with Crippen molar-refractivity contribution in [3.8, 4) is 0 Å². The molecule has 0 radical (unpaired) electrons. The van der Waals surface area contributed by atoms with E-state index in [4.69, 9.17) is 18.0 Å². The van der Waals surface area contributed by atoms with E-state index in [9.17, 15) is 4.79 Å². The Bertz CT molecular complexity index is 628. The largest absolute Gasteiger partial charge is 0.391 e. The highest BCUT2D eigenvalue weighted by Crippen LogP contribution is 2.14. The summed E-state index contributed by atoms with van der Waals surface area (Å²) < 4.78 is 0. The number of hydrogen-bond acceptors (Lipinski definition) is 3. The van der Waals surface area contributed by atoms with Crippen LogP contribution in [0.1, 0.15) is 27.7 Å². The summed E-state index contributed by atoms with van der Waals surface area (Å²) in [6.07, 6.45) is 1.65. The number of aromatic nitrogens is 1. The quantitative estimate of drug-likeness (QED) is 0.845. The summed E-state index contributed by atoms with van der Waals surface area (Å²) in [7, 11) is 0. The summed E-state index contributed by atoms with van der Waals surface area (Å²) in [4.78, 5) is 16.6. The van der Waals surface area contributed by atoms with Crippen molar-refractivity contribution < 1.29 is 4.79 Å². The summed E-state index contributed by atoms with van der Waals surface area (Å²) in [6, 6.07) is 12.4. The van der Waals surface area contributed by atoms with Gasteiger partial charge in [0, 0.05) is 11.9 Å². The Morgan fingerprint density at radius 3 is 2.55 bits per heavy atom. The van der Waals surface area contributed by atoms with Gasteiger partial charge in [0.2, 0.25) is 0 Å². The molecule has 0 spiro atoms. The number of nitrogens with one attached hydrogen (secondary N) is 1. The molecule has 20 heavy (non-hydrogen) atoms. The Labute approximate surface area is 123 Å². The Balaban J connectivity index is 2.24. The third-order valence-corrected chi connectivity index (χ3v) is 3.18. The molecule has 1 amide bonds. The number of carbonyl (C=O) groups excluding carboxylic acids is 1. The van der Waals surface area contributed by atoms with Gasteiger partial charge in [-0.1, -0.05) is 42.5 Å². The van der Waals surface area contributed by atoms with Crippen LogP contribution in [0.2, 0.25) is 0 Å². The minimum atomic E-state index is -0.488. The molecular weight excluding hydrogens is 270 g/mol. The molecule has 0 bridgehead atoms. The van der Waals surface area contributed by atoms with E-state index in [1.807, 2.05) is 30.3 Å². The molecule has 1 atom stereocenters. The minimum absolute atomic E-state index is 0.228. The van der Waals surface area contributed by atoms with Crippen LogP contribution in [0.25, 0.3) is 0 Å². The monoisotopic (exact) mass is 285 g/mol. The number of carbonyl (C=O) groups is 1. The third kappa shape index (κ3) is 3.19. The smallest absolute Gasteiger partial charge is 0.253 e. The van der Waals surface area contributed by atoms with Crippen molar-refractivity contribution in [3.63, 3.8) is 0 Å². The Morgan fingerprint density at radius 2 is 1.95 bits per heavy atom. The van der Waals surface area contributed by atoms with Crippen LogP contribution in [0.3, 0.4) is 0 Å². The van der Waals surface area contributed by atoms with Gasteiger partial charge in [0.25, 0.3) is 5.91 Å². The normalized spacial score (nSPS) is 11.7. The van der Waals surface area contributed by atoms with Gasteiger partial charge in [-0.3, -0.25) is 9.78 Å². The van der Waals surface area contributed by atoms with Gasteiger partial charge in [-0.15, -0.1) is 0 Å². The topological polar surface area (TPSA) is 68.0 Å². The standard InChI is InChI=1S/C15H15N3OS/c1-10-12(8-5-9-17-10)15(19)18-13(14(16)20)11-6-3-2-4-7-11/h2-9,13H,1H3,(H2,16,20)(H,18,19). The predicted octanol–water partition coefficient (Wildman–Crippen LogP) is 2.15. The van der Waals surface area contributed by atoms with Gasteiger partial charge in [-0.25, -0.2) is 0 Å². The number of amides is 1. The summed E-state index contributed by atoms with van der Waals surface area (Å²) in [5.74, 6) is -0.239. The van der Waals surface area contributed by atoms with Gasteiger partial charge in [0.05, 0.1) is 5.56 Å². The predicted molar refractivity (Wildman–Crippen MR) is 82.4 cm³/mol. The van der Waals surface area contributed by atoms with Gasteiger partial charge < -0.3 is 11.1 Å². The molecule has 1 heterocycles. The third-order valence-electron chi connectivity index (χ3n) is 2.94. The number of benzene rings is 1. The zero-order valence-electron chi connectivity index (χ0n) is 11.0. The second kappa shape index (κ2) is 6.25. The van der Waals surface area contributed by atoms with E-state index in [0.717, 1.165) is 5.56 Å². The zero-order valence-corrected chi connectivity index (χ0v) is 11.9. The molecule has 1 unspecified atom stereocenters. The number of thiocarbonyl (C=S) groups is 1. The van der Waals surface area contributed by atoms with Crippen molar-refractivity contribution in [1.82, 2.24) is 10.3 Å². The first kappa shape index (κ1) is 14.1. The minimum Gasteiger partial charge on any atom is -0.391 e. The molecule has 1 aromatic heterocycles. The summed E-state index contributed by atoms with van der Waals surface area (Å²) in [5, 5.41) is 2.84. The lowest BCUT2D eigenvalue weighted by atomic mass is 10.1. The number of rotatable bonds is 4. The van der Waals surface area contributed by atoms with Crippen LogP contribution in [-0.2, 0) is 0 Å². The number of nitrogens with zero attached hydrogens (tertiary/aromatic N) is 1. The van der Waals surface area contributed by atoms with Crippen LogP contribution in [-0.4, -0.2) is 15.9 Å². The molecule has 102 valence electrons. The molecule has 0 aliphatic heterocycles. The van der Waals surface area contributed by atoms with Gasteiger partial charge in [0.1, 0.15) is 11.0 Å². The lowest BCUT2D eigenvalue weighted by Gasteiger charge is -2.18. The van der Waals surface area contributed by atoms with Crippen LogP contribution >= 0.6 is 12.2 Å². The Morgan fingerprint density at radius 1 is 1.25 bits per heavy atom. The van der Waals surface area contributed by atoms with Crippen molar-refractivity contribution in [2.24, 2.45) is 5.73 Å². The second-order valence-corrected chi connectivity index (χ2v) is 4.83. The maximum absolute atomic E-state index is 12.3. The molecule has 3 N–H and O–H groups in total. The second-order valence-electron chi connectivity index (χ2n) is 4.36. The number of pyridine rings is 1. The highest BCUT2D eigenvalue weighted by Gasteiger charge is 2.19. The first-order valence-corrected chi connectivity index (χ1v) is 6.57. The Kier molecular flexibility index (Phi) is 4.42. The van der Waals surface area contributed by atoms with E-state index < -0.39 is 6.04 Å². The number of aryl methyl sites for hydroxylation is 1. The lowest BCUT2D eigenvalue weighted by Crippen LogP contribution is -2.36. The molecular formula is C15H15N3OS. The van der Waals surface area contributed by atoms with Crippen LogP contribution in [0.5, 0.6) is 0 Å². The molecule has 2 rings (SSSR count). The van der Waals surface area contributed by atoms with Gasteiger partial charge >= 0.3 is 0 Å². The lowest BCUT2D eigenvalue weighted by molar-refractivity contribution is 0.0946. The van der Waals surface area contributed by atoms with E-state index in [0.29, 0.717) is 11.3 Å². The average molecular weight is 285 g/mol. The molecule has 0 saturated carbocycles. The van der Waals surface area contributed by atoms with E-state index in [-0.39, 0.29) is 10.9 Å². The van der Waals surface area contributed by atoms with Gasteiger partial charge in [-0.2, -0.15) is 0 Å². The highest BCUT2D eigenvalue weighted by atomic mass is 32.1. The number of hydrogen-bond donors (Lipinski definition) is 2. The fourth-order valence-electron chi connectivity index (χ4n) is 1.90. The van der Waals surface area contributed by atoms with E-state index in [2.05, 4.69) is 10.3 Å². The van der Waals surface area contributed by atoms with Crippen LogP contribution in [0.4, 0.5) is 0 Å². The molecule has 2 aromatic rings. The molecule has 0 saturated heterocycles. The molecule has 1 aromatic carbocycles. The maximum atomic E-state index is 12.3. The van der Waals surface area contributed by atoms with Crippen LogP contribution in [0.15, 0.2) is 48.7 Å². The van der Waals surface area contributed by atoms with Gasteiger partial charge in [0.15, 0.2) is 0 Å². The maximum Gasteiger partial charge on any atom is 0.253 e. The number of nitrogens with two attached hydrogens (primary N) is 1. The van der Waals surface area contributed by atoms with Crippen molar-refractivity contribution >= 4 is 23.1 Å². The Hall–Kier alpha value is -2.27. The van der Waals surface area contributed by atoms with E-state index in [1.165, 1.54) is 0 Å². The zero-order chi connectivity index (χ0) is 14.5. The highest BCUT2D eigenvalue weighted by molar-refractivity contribution is 7.80. The molecule has 0 aliphatic rings. The van der Waals surface area contributed by atoms with Gasteiger partial charge in [-0.05, 0) is 24.6 Å². The van der Waals surface area contributed by atoms with E-state index >= 15 is 0 Å². The van der Waals surface area contributed by atoms with Crippen molar-refractivity contribution in [2.75, 3.05) is 0 Å². The summed E-state index contributed by atoms with van der Waals surface area (Å²) >= 11 is 5.05. The average Bonchev–Trinajstić information content (AvgIpc) is 2.45. The molecule has 0 aliphatic carbocycles. The molecule has 4 nitrogen and oxygen atoms in total. The fraction of sp³-hybridized carbons (Fsp3) is 0.133. The van der Waals surface area contributed by atoms with Crippen molar-refractivity contribution in [2.45, 2.75) is 13.0 Å². The molecule has 5 heteroatoms.